The Hall–Kier alpha value is -2.34. The molecule has 0 aliphatic carbocycles. The molecule has 1 fully saturated rings. The third kappa shape index (κ3) is 4.64. The maximum Gasteiger partial charge on any atom is 0.223 e. The van der Waals surface area contributed by atoms with Crippen LogP contribution in [0.4, 0.5) is 5.82 Å². The number of benzene rings is 1. The van der Waals surface area contributed by atoms with E-state index in [9.17, 15) is 4.79 Å². The Morgan fingerprint density at radius 1 is 1.19 bits per heavy atom. The minimum atomic E-state index is 0.182. The van der Waals surface area contributed by atoms with Gasteiger partial charge >= 0.3 is 0 Å². The Kier molecular flexibility index (Phi) is 5.93. The summed E-state index contributed by atoms with van der Waals surface area (Å²) in [6.07, 6.45) is 1.21. The van der Waals surface area contributed by atoms with Gasteiger partial charge in [-0.2, -0.15) is 4.98 Å². The molecule has 1 aliphatic rings. The molecule has 1 saturated heterocycles. The lowest BCUT2D eigenvalue weighted by atomic mass is 10.1. The highest BCUT2D eigenvalue weighted by molar-refractivity contribution is 6.30. The average Bonchev–Trinajstić information content (AvgIpc) is 2.65. The van der Waals surface area contributed by atoms with E-state index in [2.05, 4.69) is 14.9 Å². The summed E-state index contributed by atoms with van der Waals surface area (Å²) in [7, 11) is 1.60. The fourth-order valence-corrected chi connectivity index (χ4v) is 3.29. The van der Waals surface area contributed by atoms with Crippen LogP contribution in [0.25, 0.3) is 0 Å². The van der Waals surface area contributed by atoms with Crippen LogP contribution >= 0.6 is 11.6 Å². The van der Waals surface area contributed by atoms with Crippen molar-refractivity contribution in [1.82, 2.24) is 14.9 Å². The van der Waals surface area contributed by atoms with Crippen LogP contribution in [-0.2, 0) is 11.2 Å². The number of ether oxygens (including phenoxy) is 1. The first-order valence-electron chi connectivity index (χ1n) is 8.72. The van der Waals surface area contributed by atoms with Gasteiger partial charge < -0.3 is 14.5 Å². The molecule has 1 amide bonds. The Morgan fingerprint density at radius 2 is 1.96 bits per heavy atom. The number of piperazine rings is 1. The Bertz CT molecular complexity index is 776. The van der Waals surface area contributed by atoms with Crippen molar-refractivity contribution in [2.24, 2.45) is 0 Å². The van der Waals surface area contributed by atoms with Crippen molar-refractivity contribution in [3.8, 4) is 5.88 Å². The monoisotopic (exact) mass is 374 g/mol. The third-order valence-corrected chi connectivity index (χ3v) is 4.72. The van der Waals surface area contributed by atoms with Gasteiger partial charge in [0.2, 0.25) is 11.8 Å². The number of amides is 1. The van der Waals surface area contributed by atoms with Crippen molar-refractivity contribution < 1.29 is 9.53 Å². The van der Waals surface area contributed by atoms with Crippen LogP contribution < -0.4 is 9.64 Å². The summed E-state index contributed by atoms with van der Waals surface area (Å²) in [6.45, 7) is 4.74. The minimum Gasteiger partial charge on any atom is -0.481 e. The van der Waals surface area contributed by atoms with Crippen LogP contribution in [0.3, 0.4) is 0 Å². The number of hydrogen-bond donors (Lipinski definition) is 0. The number of halogens is 1. The molecule has 0 spiro atoms. The third-order valence-electron chi connectivity index (χ3n) is 4.48. The molecule has 7 heteroatoms. The molecule has 138 valence electrons. The number of carbonyl (C=O) groups is 1. The minimum absolute atomic E-state index is 0.182. The molecule has 26 heavy (non-hydrogen) atoms. The summed E-state index contributed by atoms with van der Waals surface area (Å²) in [5, 5.41) is 0.708. The number of nitrogens with zero attached hydrogens (tertiary/aromatic N) is 4. The predicted molar refractivity (Wildman–Crippen MR) is 102 cm³/mol. The van der Waals surface area contributed by atoms with Crippen molar-refractivity contribution in [2.75, 3.05) is 38.2 Å². The van der Waals surface area contributed by atoms with E-state index in [1.807, 2.05) is 42.2 Å². The second-order valence-corrected chi connectivity index (χ2v) is 6.75. The van der Waals surface area contributed by atoms with Gasteiger partial charge in [0, 0.05) is 43.7 Å². The Morgan fingerprint density at radius 3 is 2.65 bits per heavy atom. The van der Waals surface area contributed by atoms with E-state index in [1.165, 1.54) is 0 Å². The summed E-state index contributed by atoms with van der Waals surface area (Å²) >= 11 is 6.00. The van der Waals surface area contributed by atoms with E-state index in [-0.39, 0.29) is 5.91 Å². The van der Waals surface area contributed by atoms with Crippen LogP contribution in [0, 0.1) is 6.92 Å². The molecule has 0 saturated carbocycles. The smallest absolute Gasteiger partial charge is 0.223 e. The Balaban J connectivity index is 1.53. The summed E-state index contributed by atoms with van der Waals surface area (Å²) in [5.41, 5.74) is 1.09. The van der Waals surface area contributed by atoms with Gasteiger partial charge in [0.05, 0.1) is 7.11 Å². The van der Waals surface area contributed by atoms with Gasteiger partial charge in [-0.25, -0.2) is 4.98 Å². The van der Waals surface area contributed by atoms with E-state index in [1.54, 1.807) is 7.11 Å². The van der Waals surface area contributed by atoms with E-state index in [0.29, 0.717) is 42.7 Å². The van der Waals surface area contributed by atoms with Gasteiger partial charge in [0.1, 0.15) is 11.6 Å². The average molecular weight is 375 g/mol. The van der Waals surface area contributed by atoms with Crippen molar-refractivity contribution in [3.63, 3.8) is 0 Å². The zero-order valence-electron chi connectivity index (χ0n) is 15.1. The molecule has 1 aliphatic heterocycles. The van der Waals surface area contributed by atoms with Crippen molar-refractivity contribution in [3.05, 3.63) is 46.7 Å². The molecule has 0 unspecified atom stereocenters. The van der Waals surface area contributed by atoms with E-state index in [0.717, 1.165) is 24.5 Å². The number of carbonyl (C=O) groups excluding carboxylic acids is 1. The van der Waals surface area contributed by atoms with Crippen molar-refractivity contribution in [2.45, 2.75) is 19.8 Å². The van der Waals surface area contributed by atoms with Crippen LogP contribution in [0.5, 0.6) is 5.88 Å². The molecule has 0 atom stereocenters. The van der Waals surface area contributed by atoms with Crippen LogP contribution in [-0.4, -0.2) is 54.1 Å². The van der Waals surface area contributed by atoms with E-state index in [4.69, 9.17) is 16.3 Å². The molecule has 6 nitrogen and oxygen atoms in total. The van der Waals surface area contributed by atoms with Crippen molar-refractivity contribution in [1.29, 1.82) is 0 Å². The molecule has 0 bridgehead atoms. The zero-order valence-corrected chi connectivity index (χ0v) is 15.9. The number of hydrogen-bond acceptors (Lipinski definition) is 5. The predicted octanol–water partition coefficient (Wildman–Crippen LogP) is 2.73. The second kappa shape index (κ2) is 8.36. The van der Waals surface area contributed by atoms with Gasteiger partial charge in [-0.05, 0) is 31.0 Å². The summed E-state index contributed by atoms with van der Waals surface area (Å²) in [6, 6.07) is 9.51. The highest BCUT2D eigenvalue weighted by atomic mass is 35.5. The van der Waals surface area contributed by atoms with Gasteiger partial charge in [0.25, 0.3) is 0 Å². The number of aromatic nitrogens is 2. The maximum absolute atomic E-state index is 12.5. The van der Waals surface area contributed by atoms with Crippen LogP contribution in [0.2, 0.25) is 5.02 Å². The van der Waals surface area contributed by atoms with E-state index >= 15 is 0 Å². The maximum atomic E-state index is 12.5. The molecule has 2 heterocycles. The molecule has 3 rings (SSSR count). The fourth-order valence-electron chi connectivity index (χ4n) is 3.08. The lowest BCUT2D eigenvalue weighted by Crippen LogP contribution is -2.49. The molecular weight excluding hydrogens is 352 g/mol. The van der Waals surface area contributed by atoms with Gasteiger partial charge in [0.15, 0.2) is 0 Å². The van der Waals surface area contributed by atoms with E-state index < -0.39 is 0 Å². The fraction of sp³-hybridized carbons (Fsp3) is 0.421. The number of anilines is 1. The van der Waals surface area contributed by atoms with Crippen LogP contribution in [0.1, 0.15) is 17.8 Å². The number of rotatable bonds is 5. The summed E-state index contributed by atoms with van der Waals surface area (Å²) in [5.74, 6) is 2.27. The quantitative estimate of drug-likeness (QED) is 0.805. The topological polar surface area (TPSA) is 58.6 Å². The van der Waals surface area contributed by atoms with Crippen molar-refractivity contribution >= 4 is 23.3 Å². The van der Waals surface area contributed by atoms with Crippen LogP contribution in [0.15, 0.2) is 30.3 Å². The number of aryl methyl sites for hydroxylation is 2. The summed E-state index contributed by atoms with van der Waals surface area (Å²) < 4.78 is 5.22. The van der Waals surface area contributed by atoms with Gasteiger partial charge in [-0.1, -0.05) is 23.7 Å². The largest absolute Gasteiger partial charge is 0.481 e. The molecule has 1 aromatic carbocycles. The SMILES string of the molecule is COc1cc(N2CCN(C(=O)CCc3cccc(Cl)c3)CC2)nc(C)n1. The molecule has 1 aromatic heterocycles. The first-order chi connectivity index (χ1) is 12.5. The first kappa shape index (κ1) is 18.5. The second-order valence-electron chi connectivity index (χ2n) is 6.31. The first-order valence-corrected chi connectivity index (χ1v) is 9.10. The van der Waals surface area contributed by atoms with Gasteiger partial charge in [-0.15, -0.1) is 0 Å². The highest BCUT2D eigenvalue weighted by Gasteiger charge is 2.22. The molecule has 2 aromatic rings. The lowest BCUT2D eigenvalue weighted by Gasteiger charge is -2.35. The highest BCUT2D eigenvalue weighted by Crippen LogP contribution is 2.19. The number of methoxy groups -OCH3 is 1. The normalized spacial score (nSPS) is 14.4. The Labute approximate surface area is 158 Å². The molecule has 0 radical (unpaired) electrons. The summed E-state index contributed by atoms with van der Waals surface area (Å²) in [4.78, 5) is 25.3. The molecule has 0 N–H and O–H groups in total. The zero-order chi connectivity index (χ0) is 18.5. The lowest BCUT2D eigenvalue weighted by molar-refractivity contribution is -0.131. The standard InChI is InChI=1S/C19H23ClN4O2/c1-14-21-17(13-18(22-14)26-2)23-8-10-24(11-9-23)19(25)7-6-15-4-3-5-16(20)12-15/h3-5,12-13H,6-11H2,1-2H3. The molecular formula is C19H23ClN4O2. The van der Waals surface area contributed by atoms with Gasteiger partial charge in [-0.3, -0.25) is 4.79 Å².